The van der Waals surface area contributed by atoms with Gasteiger partial charge in [-0.15, -0.1) is 0 Å². The SMILES string of the molecule is CCCCn1c(-c2ccc(Cl)cc2)nn(CCC(=O)NCCOC)c1=S. The van der Waals surface area contributed by atoms with Crippen molar-refractivity contribution in [3.63, 3.8) is 0 Å². The van der Waals surface area contributed by atoms with Crippen LogP contribution in [0.25, 0.3) is 11.4 Å². The van der Waals surface area contributed by atoms with Crippen molar-refractivity contribution in [2.24, 2.45) is 0 Å². The van der Waals surface area contributed by atoms with Gasteiger partial charge in [0.15, 0.2) is 10.6 Å². The standard InChI is InChI=1S/C18H25ClN4O2S/c1-3-4-11-22-17(14-5-7-15(19)8-6-14)21-23(18(22)26)12-9-16(24)20-10-13-25-2/h5-8H,3-4,9-13H2,1-2H3,(H,20,24). The van der Waals surface area contributed by atoms with Gasteiger partial charge in [0, 0.05) is 37.2 Å². The fraction of sp³-hybridized carbons (Fsp3) is 0.500. The summed E-state index contributed by atoms with van der Waals surface area (Å²) in [6.45, 7) is 4.38. The van der Waals surface area contributed by atoms with E-state index in [9.17, 15) is 4.79 Å². The molecule has 0 spiro atoms. The van der Waals surface area contributed by atoms with Crippen molar-refractivity contribution in [1.82, 2.24) is 19.7 Å². The van der Waals surface area contributed by atoms with E-state index in [-0.39, 0.29) is 5.91 Å². The number of aromatic nitrogens is 3. The lowest BCUT2D eigenvalue weighted by Crippen LogP contribution is -2.27. The third kappa shape index (κ3) is 5.65. The normalized spacial score (nSPS) is 10.9. The second kappa shape index (κ2) is 10.4. The Morgan fingerprint density at radius 1 is 1.31 bits per heavy atom. The van der Waals surface area contributed by atoms with Crippen LogP contribution in [0.3, 0.4) is 0 Å². The monoisotopic (exact) mass is 396 g/mol. The molecule has 142 valence electrons. The molecule has 26 heavy (non-hydrogen) atoms. The second-order valence-electron chi connectivity index (χ2n) is 5.93. The topological polar surface area (TPSA) is 61.1 Å². The predicted molar refractivity (Wildman–Crippen MR) is 106 cm³/mol. The largest absolute Gasteiger partial charge is 0.383 e. The molecule has 0 bridgehead atoms. The van der Waals surface area contributed by atoms with Gasteiger partial charge in [0.25, 0.3) is 0 Å². The highest BCUT2D eigenvalue weighted by Gasteiger charge is 2.13. The first-order valence-corrected chi connectivity index (χ1v) is 9.54. The minimum atomic E-state index is -0.0416. The number of amides is 1. The van der Waals surface area contributed by atoms with Gasteiger partial charge in [0.05, 0.1) is 13.2 Å². The van der Waals surface area contributed by atoms with Crippen LogP contribution in [-0.2, 0) is 22.6 Å². The molecule has 2 rings (SSSR count). The first-order valence-electron chi connectivity index (χ1n) is 8.76. The third-order valence-corrected chi connectivity index (χ3v) is 4.62. The van der Waals surface area contributed by atoms with Gasteiger partial charge in [-0.2, -0.15) is 5.10 Å². The molecule has 0 aliphatic rings. The highest BCUT2D eigenvalue weighted by molar-refractivity contribution is 7.71. The van der Waals surface area contributed by atoms with Crippen molar-refractivity contribution < 1.29 is 9.53 Å². The molecule has 0 atom stereocenters. The number of benzene rings is 1. The average Bonchev–Trinajstić information content (AvgIpc) is 2.95. The molecular weight excluding hydrogens is 372 g/mol. The Morgan fingerprint density at radius 3 is 2.69 bits per heavy atom. The molecular formula is C18H25ClN4O2S. The summed E-state index contributed by atoms with van der Waals surface area (Å²) in [6, 6.07) is 7.55. The van der Waals surface area contributed by atoms with Gasteiger partial charge in [-0.1, -0.05) is 24.9 Å². The van der Waals surface area contributed by atoms with Gasteiger partial charge >= 0.3 is 0 Å². The zero-order chi connectivity index (χ0) is 18.9. The maximum atomic E-state index is 11.9. The molecule has 1 aromatic heterocycles. The van der Waals surface area contributed by atoms with Gasteiger partial charge in [-0.3, -0.25) is 9.36 Å². The maximum absolute atomic E-state index is 11.9. The second-order valence-corrected chi connectivity index (χ2v) is 6.74. The Morgan fingerprint density at radius 2 is 2.04 bits per heavy atom. The van der Waals surface area contributed by atoms with Crippen LogP contribution in [0.1, 0.15) is 26.2 Å². The molecule has 1 heterocycles. The number of nitrogens with one attached hydrogen (secondary N) is 1. The van der Waals surface area contributed by atoms with Gasteiger partial charge in [-0.25, -0.2) is 4.68 Å². The molecule has 0 aliphatic carbocycles. The molecule has 0 saturated carbocycles. The number of methoxy groups -OCH3 is 1. The molecule has 0 radical (unpaired) electrons. The van der Waals surface area contributed by atoms with Crippen LogP contribution in [0.2, 0.25) is 5.02 Å². The van der Waals surface area contributed by atoms with Crippen molar-refractivity contribution in [2.75, 3.05) is 20.3 Å². The lowest BCUT2D eigenvalue weighted by atomic mass is 10.2. The van der Waals surface area contributed by atoms with Crippen LogP contribution in [0.5, 0.6) is 0 Å². The number of hydrogen-bond acceptors (Lipinski definition) is 4. The summed E-state index contributed by atoms with van der Waals surface area (Å²) >= 11 is 11.6. The summed E-state index contributed by atoms with van der Waals surface area (Å²) in [5.74, 6) is 0.764. The fourth-order valence-corrected chi connectivity index (χ4v) is 2.94. The van der Waals surface area contributed by atoms with E-state index in [1.807, 2.05) is 28.8 Å². The Bertz CT molecular complexity index is 770. The van der Waals surface area contributed by atoms with Crippen molar-refractivity contribution in [2.45, 2.75) is 39.3 Å². The van der Waals surface area contributed by atoms with Gasteiger partial charge in [0.1, 0.15) is 0 Å². The summed E-state index contributed by atoms with van der Waals surface area (Å²) in [4.78, 5) is 11.9. The Balaban J connectivity index is 2.18. The van der Waals surface area contributed by atoms with E-state index in [0.29, 0.717) is 35.9 Å². The number of aryl methyl sites for hydroxylation is 1. The summed E-state index contributed by atoms with van der Waals surface area (Å²) in [5.41, 5.74) is 0.958. The molecule has 8 heteroatoms. The minimum Gasteiger partial charge on any atom is -0.383 e. The van der Waals surface area contributed by atoms with Crippen LogP contribution in [0, 0.1) is 4.77 Å². The van der Waals surface area contributed by atoms with E-state index >= 15 is 0 Å². The van der Waals surface area contributed by atoms with E-state index in [1.54, 1.807) is 11.8 Å². The smallest absolute Gasteiger partial charge is 0.221 e. The highest BCUT2D eigenvalue weighted by Crippen LogP contribution is 2.21. The van der Waals surface area contributed by atoms with Gasteiger partial charge in [0.2, 0.25) is 5.91 Å². The first kappa shape index (κ1) is 20.6. The quantitative estimate of drug-likeness (QED) is 0.491. The average molecular weight is 397 g/mol. The van der Waals surface area contributed by atoms with Gasteiger partial charge < -0.3 is 10.1 Å². The highest BCUT2D eigenvalue weighted by atomic mass is 35.5. The maximum Gasteiger partial charge on any atom is 0.221 e. The Labute approximate surface area is 164 Å². The van der Waals surface area contributed by atoms with E-state index in [0.717, 1.165) is 30.8 Å². The predicted octanol–water partition coefficient (Wildman–Crippen LogP) is 3.69. The fourth-order valence-electron chi connectivity index (χ4n) is 2.51. The van der Waals surface area contributed by atoms with E-state index < -0.39 is 0 Å². The molecule has 1 amide bonds. The lowest BCUT2D eigenvalue weighted by molar-refractivity contribution is -0.121. The lowest BCUT2D eigenvalue weighted by Gasteiger charge is -2.06. The summed E-state index contributed by atoms with van der Waals surface area (Å²) in [6.07, 6.45) is 2.40. The number of hydrogen-bond donors (Lipinski definition) is 1. The number of unbranched alkanes of at least 4 members (excludes halogenated alkanes) is 1. The molecule has 0 fully saturated rings. The number of halogens is 1. The first-order chi connectivity index (χ1) is 12.6. The molecule has 1 N–H and O–H groups in total. The van der Waals surface area contributed by atoms with E-state index in [4.69, 9.17) is 28.6 Å². The number of nitrogens with zero attached hydrogens (tertiary/aromatic N) is 3. The van der Waals surface area contributed by atoms with Crippen molar-refractivity contribution in [1.29, 1.82) is 0 Å². The molecule has 2 aromatic rings. The van der Waals surface area contributed by atoms with Gasteiger partial charge in [-0.05, 0) is 42.9 Å². The summed E-state index contributed by atoms with van der Waals surface area (Å²) < 4.78 is 9.32. The zero-order valence-electron chi connectivity index (χ0n) is 15.2. The van der Waals surface area contributed by atoms with Crippen LogP contribution in [0.15, 0.2) is 24.3 Å². The zero-order valence-corrected chi connectivity index (χ0v) is 16.8. The Kier molecular flexibility index (Phi) is 8.28. The summed E-state index contributed by atoms with van der Waals surface area (Å²) in [5, 5.41) is 8.15. The van der Waals surface area contributed by atoms with Crippen molar-refractivity contribution in [3.05, 3.63) is 34.1 Å². The number of carbonyl (C=O) groups is 1. The minimum absolute atomic E-state index is 0.0416. The summed E-state index contributed by atoms with van der Waals surface area (Å²) in [7, 11) is 1.60. The number of carbonyl (C=O) groups excluding carboxylic acids is 1. The Hall–Kier alpha value is -1.70. The molecule has 0 saturated heterocycles. The number of rotatable bonds is 10. The van der Waals surface area contributed by atoms with Crippen LogP contribution < -0.4 is 5.32 Å². The van der Waals surface area contributed by atoms with E-state index in [2.05, 4.69) is 17.3 Å². The molecule has 1 aromatic carbocycles. The molecule has 0 aliphatic heterocycles. The van der Waals surface area contributed by atoms with Crippen LogP contribution in [-0.4, -0.2) is 40.5 Å². The molecule has 6 nitrogen and oxygen atoms in total. The van der Waals surface area contributed by atoms with Crippen molar-refractivity contribution >= 4 is 29.7 Å². The van der Waals surface area contributed by atoms with Crippen molar-refractivity contribution in [3.8, 4) is 11.4 Å². The third-order valence-electron chi connectivity index (χ3n) is 3.94. The van der Waals surface area contributed by atoms with Crippen LogP contribution >= 0.6 is 23.8 Å². The molecule has 0 unspecified atom stereocenters. The van der Waals surface area contributed by atoms with E-state index in [1.165, 1.54) is 0 Å². The number of ether oxygens (including phenoxy) is 1. The van der Waals surface area contributed by atoms with Crippen LogP contribution in [0.4, 0.5) is 0 Å².